The molecule has 0 saturated carbocycles. The Bertz CT molecular complexity index is 437. The third-order valence-corrected chi connectivity index (χ3v) is 2.77. The summed E-state index contributed by atoms with van der Waals surface area (Å²) in [5.74, 6) is 0. The molecule has 2 aromatic rings. The van der Waals surface area contributed by atoms with Gasteiger partial charge in [-0.3, -0.25) is 0 Å². The molecular weight excluding hydrogens is 226 g/mol. The Morgan fingerprint density at radius 3 is 2.62 bits per heavy atom. The van der Waals surface area contributed by atoms with E-state index in [0.717, 1.165) is 11.0 Å². The topological polar surface area (TPSA) is 26.0 Å². The van der Waals surface area contributed by atoms with Gasteiger partial charge < -0.3 is 5.73 Å². The fraction of sp³-hybridized carbons (Fsp3) is 0.0909. The van der Waals surface area contributed by atoms with E-state index in [-0.39, 0.29) is 0 Å². The van der Waals surface area contributed by atoms with E-state index in [4.69, 9.17) is 5.73 Å². The first-order chi connectivity index (χ1) is 6.33. The van der Waals surface area contributed by atoms with E-state index in [0.29, 0.717) is 0 Å². The summed E-state index contributed by atoms with van der Waals surface area (Å²) in [5.41, 5.74) is 7.90. The average Bonchev–Trinajstić information content (AvgIpc) is 2.18. The standard InChI is InChI=1S/C11H10BrN/c12-7-10-9-4-2-1-3-8(9)5-6-11(10)13/h1-6H,7,13H2. The molecule has 0 unspecified atom stereocenters. The maximum absolute atomic E-state index is 5.87. The van der Waals surface area contributed by atoms with Crippen LogP contribution >= 0.6 is 15.9 Å². The van der Waals surface area contributed by atoms with Gasteiger partial charge in [-0.15, -0.1) is 0 Å². The summed E-state index contributed by atoms with van der Waals surface area (Å²) in [5, 5.41) is 3.28. The highest BCUT2D eigenvalue weighted by Gasteiger charge is 2.02. The monoisotopic (exact) mass is 235 g/mol. The van der Waals surface area contributed by atoms with Gasteiger partial charge in [0.15, 0.2) is 0 Å². The molecule has 0 amide bonds. The highest BCUT2D eigenvalue weighted by molar-refractivity contribution is 9.08. The van der Waals surface area contributed by atoms with E-state index in [1.807, 2.05) is 18.2 Å². The lowest BCUT2D eigenvalue weighted by atomic mass is 10.0. The van der Waals surface area contributed by atoms with Gasteiger partial charge in [0.2, 0.25) is 0 Å². The normalized spacial score (nSPS) is 10.5. The van der Waals surface area contributed by atoms with Crippen LogP contribution in [0.25, 0.3) is 10.8 Å². The largest absolute Gasteiger partial charge is 0.398 e. The Labute approximate surface area is 85.7 Å². The number of halogens is 1. The first kappa shape index (κ1) is 8.57. The van der Waals surface area contributed by atoms with E-state index < -0.39 is 0 Å². The van der Waals surface area contributed by atoms with Crippen LogP contribution in [0.3, 0.4) is 0 Å². The van der Waals surface area contributed by atoms with Gasteiger partial charge in [-0.05, 0) is 22.4 Å². The fourth-order valence-corrected chi connectivity index (χ4v) is 2.13. The SMILES string of the molecule is Nc1ccc2ccccc2c1CBr. The molecular formula is C11H10BrN. The van der Waals surface area contributed by atoms with E-state index in [1.165, 1.54) is 16.3 Å². The predicted octanol–water partition coefficient (Wildman–Crippen LogP) is 3.32. The molecule has 2 N–H and O–H groups in total. The van der Waals surface area contributed by atoms with Crippen LogP contribution in [0.1, 0.15) is 5.56 Å². The molecule has 0 atom stereocenters. The molecule has 0 bridgehead atoms. The average molecular weight is 236 g/mol. The van der Waals surface area contributed by atoms with E-state index in [2.05, 4.69) is 34.1 Å². The smallest absolute Gasteiger partial charge is 0.0361 e. The number of anilines is 1. The predicted molar refractivity (Wildman–Crippen MR) is 61.0 cm³/mol. The van der Waals surface area contributed by atoms with Crippen LogP contribution in [-0.4, -0.2) is 0 Å². The number of nitrogen functional groups attached to an aromatic ring is 1. The van der Waals surface area contributed by atoms with Gasteiger partial charge in [0.1, 0.15) is 0 Å². The fourth-order valence-electron chi connectivity index (χ4n) is 1.50. The van der Waals surface area contributed by atoms with Crippen molar-refractivity contribution < 1.29 is 0 Å². The van der Waals surface area contributed by atoms with Crippen LogP contribution in [-0.2, 0) is 5.33 Å². The van der Waals surface area contributed by atoms with Gasteiger partial charge in [0, 0.05) is 11.0 Å². The zero-order valence-electron chi connectivity index (χ0n) is 7.13. The second-order valence-electron chi connectivity index (χ2n) is 2.99. The van der Waals surface area contributed by atoms with Gasteiger partial charge in [0.05, 0.1) is 0 Å². The molecule has 0 fully saturated rings. The third-order valence-electron chi connectivity index (χ3n) is 2.21. The lowest BCUT2D eigenvalue weighted by Gasteiger charge is -2.06. The number of benzene rings is 2. The van der Waals surface area contributed by atoms with Gasteiger partial charge in [-0.1, -0.05) is 46.3 Å². The van der Waals surface area contributed by atoms with Gasteiger partial charge in [0.25, 0.3) is 0 Å². The lowest BCUT2D eigenvalue weighted by molar-refractivity contribution is 1.49. The Kier molecular flexibility index (Phi) is 2.23. The molecule has 0 aliphatic heterocycles. The second-order valence-corrected chi connectivity index (χ2v) is 3.55. The van der Waals surface area contributed by atoms with Crippen LogP contribution in [0.15, 0.2) is 36.4 Å². The summed E-state index contributed by atoms with van der Waals surface area (Å²) in [6.45, 7) is 0. The summed E-state index contributed by atoms with van der Waals surface area (Å²) in [4.78, 5) is 0. The van der Waals surface area contributed by atoms with Crippen molar-refractivity contribution in [2.24, 2.45) is 0 Å². The maximum atomic E-state index is 5.87. The quantitative estimate of drug-likeness (QED) is 0.596. The van der Waals surface area contributed by atoms with Crippen molar-refractivity contribution in [3.8, 4) is 0 Å². The molecule has 0 aliphatic rings. The Hall–Kier alpha value is -1.02. The zero-order valence-corrected chi connectivity index (χ0v) is 8.71. The molecule has 0 spiro atoms. The van der Waals surface area contributed by atoms with Crippen LogP contribution < -0.4 is 5.73 Å². The van der Waals surface area contributed by atoms with Crippen LogP contribution in [0, 0.1) is 0 Å². The van der Waals surface area contributed by atoms with Crippen molar-refractivity contribution in [2.75, 3.05) is 5.73 Å². The van der Waals surface area contributed by atoms with Crippen molar-refractivity contribution in [3.63, 3.8) is 0 Å². The zero-order chi connectivity index (χ0) is 9.26. The van der Waals surface area contributed by atoms with Crippen molar-refractivity contribution in [1.29, 1.82) is 0 Å². The molecule has 0 radical (unpaired) electrons. The summed E-state index contributed by atoms with van der Waals surface area (Å²) in [7, 11) is 0. The first-order valence-corrected chi connectivity index (χ1v) is 5.27. The van der Waals surface area contributed by atoms with Crippen LogP contribution in [0.4, 0.5) is 5.69 Å². The number of hydrogen-bond acceptors (Lipinski definition) is 1. The lowest BCUT2D eigenvalue weighted by Crippen LogP contribution is -1.92. The molecule has 0 heterocycles. The summed E-state index contributed by atoms with van der Waals surface area (Å²) in [6.07, 6.45) is 0. The molecule has 2 aromatic carbocycles. The Balaban J connectivity index is 2.84. The Morgan fingerprint density at radius 2 is 1.85 bits per heavy atom. The van der Waals surface area contributed by atoms with E-state index in [9.17, 15) is 0 Å². The van der Waals surface area contributed by atoms with Crippen molar-refractivity contribution in [3.05, 3.63) is 42.0 Å². The second kappa shape index (κ2) is 3.38. The highest BCUT2D eigenvalue weighted by Crippen LogP contribution is 2.25. The van der Waals surface area contributed by atoms with Gasteiger partial charge in [-0.25, -0.2) is 0 Å². The van der Waals surface area contributed by atoms with Crippen LogP contribution in [0.5, 0.6) is 0 Å². The van der Waals surface area contributed by atoms with Crippen molar-refractivity contribution >= 4 is 32.4 Å². The molecule has 0 aromatic heterocycles. The maximum Gasteiger partial charge on any atom is 0.0361 e. The number of hydrogen-bond donors (Lipinski definition) is 1. The van der Waals surface area contributed by atoms with Crippen LogP contribution in [0.2, 0.25) is 0 Å². The number of nitrogens with two attached hydrogens (primary N) is 1. The highest BCUT2D eigenvalue weighted by atomic mass is 79.9. The molecule has 0 aliphatic carbocycles. The third kappa shape index (κ3) is 1.42. The molecule has 1 nitrogen and oxygen atoms in total. The minimum Gasteiger partial charge on any atom is -0.398 e. The number of rotatable bonds is 1. The van der Waals surface area contributed by atoms with Crippen molar-refractivity contribution in [1.82, 2.24) is 0 Å². The Morgan fingerprint density at radius 1 is 1.08 bits per heavy atom. The molecule has 13 heavy (non-hydrogen) atoms. The molecule has 0 saturated heterocycles. The molecule has 2 rings (SSSR count). The van der Waals surface area contributed by atoms with Gasteiger partial charge >= 0.3 is 0 Å². The van der Waals surface area contributed by atoms with Gasteiger partial charge in [-0.2, -0.15) is 0 Å². The summed E-state index contributed by atoms with van der Waals surface area (Å²) < 4.78 is 0. The minimum absolute atomic E-state index is 0.806. The summed E-state index contributed by atoms with van der Waals surface area (Å²) in [6, 6.07) is 12.3. The molecule has 66 valence electrons. The number of fused-ring (bicyclic) bond motifs is 1. The first-order valence-electron chi connectivity index (χ1n) is 4.15. The van der Waals surface area contributed by atoms with Crippen molar-refractivity contribution in [2.45, 2.75) is 5.33 Å². The number of alkyl halides is 1. The van der Waals surface area contributed by atoms with E-state index in [1.54, 1.807) is 0 Å². The summed E-state index contributed by atoms with van der Waals surface area (Å²) >= 11 is 3.45. The molecule has 2 heteroatoms. The van der Waals surface area contributed by atoms with E-state index >= 15 is 0 Å². The minimum atomic E-state index is 0.806.